The Bertz CT molecular complexity index is 1690. The standard InChI is InChI=1S/C36H41N3O8/c1-9-26(46-27-17-15-21(2)19-22(27)3)31(41)37-23-16-18-28(45-24-13-11-10-12-14-24)25(20-23)38-32(42)29(30(40)35(4,5)6)39-33(43)36(7,8)47-34(39)44/h10-20,26,29H,9H2,1-8H3,(H,37,41)(H,38,42). The van der Waals surface area contributed by atoms with Gasteiger partial charge in [0.15, 0.2) is 29.3 Å². The van der Waals surface area contributed by atoms with Gasteiger partial charge in [0.1, 0.15) is 11.5 Å². The predicted octanol–water partition coefficient (Wildman–Crippen LogP) is 6.57. The molecule has 1 saturated heterocycles. The van der Waals surface area contributed by atoms with E-state index in [-0.39, 0.29) is 11.4 Å². The van der Waals surface area contributed by atoms with Crippen LogP contribution in [0.4, 0.5) is 16.2 Å². The topological polar surface area (TPSA) is 140 Å². The Balaban J connectivity index is 1.67. The van der Waals surface area contributed by atoms with Gasteiger partial charge in [-0.1, -0.05) is 63.6 Å². The zero-order valence-corrected chi connectivity index (χ0v) is 27.9. The normalized spacial score (nSPS) is 15.4. The van der Waals surface area contributed by atoms with Crippen molar-refractivity contribution in [3.63, 3.8) is 0 Å². The number of imide groups is 1. The van der Waals surface area contributed by atoms with Crippen molar-refractivity contribution in [3.05, 3.63) is 77.9 Å². The average molecular weight is 644 g/mol. The van der Waals surface area contributed by atoms with Gasteiger partial charge in [-0.2, -0.15) is 0 Å². The maximum absolute atomic E-state index is 13.9. The molecule has 2 N–H and O–H groups in total. The molecular weight excluding hydrogens is 602 g/mol. The zero-order chi connectivity index (χ0) is 34.7. The summed E-state index contributed by atoms with van der Waals surface area (Å²) in [6.07, 6.45) is -1.54. The van der Waals surface area contributed by atoms with Gasteiger partial charge in [0, 0.05) is 11.1 Å². The lowest BCUT2D eigenvalue weighted by atomic mass is 9.85. The van der Waals surface area contributed by atoms with Crippen molar-refractivity contribution in [1.29, 1.82) is 0 Å². The van der Waals surface area contributed by atoms with Crippen LogP contribution in [-0.2, 0) is 23.9 Å². The van der Waals surface area contributed by atoms with Crippen molar-refractivity contribution in [2.45, 2.75) is 79.6 Å². The number of benzene rings is 3. The van der Waals surface area contributed by atoms with E-state index in [9.17, 15) is 24.0 Å². The highest BCUT2D eigenvalue weighted by atomic mass is 16.6. The van der Waals surface area contributed by atoms with E-state index < -0.39 is 52.8 Å². The van der Waals surface area contributed by atoms with Gasteiger partial charge in [-0.15, -0.1) is 0 Å². The van der Waals surface area contributed by atoms with Crippen molar-refractivity contribution in [2.75, 3.05) is 10.6 Å². The number of hydrogen-bond acceptors (Lipinski definition) is 8. The number of anilines is 2. The van der Waals surface area contributed by atoms with Gasteiger partial charge in [-0.05, 0) is 76.1 Å². The van der Waals surface area contributed by atoms with Crippen LogP contribution in [0.2, 0.25) is 0 Å². The summed E-state index contributed by atoms with van der Waals surface area (Å²) in [6, 6.07) is 17.2. The number of ketones is 1. The van der Waals surface area contributed by atoms with Crippen LogP contribution in [0.25, 0.3) is 0 Å². The number of aryl methyl sites for hydroxylation is 2. The SMILES string of the molecule is CCC(Oc1ccc(C)cc1C)C(=O)Nc1ccc(Oc2ccccc2)c(NC(=O)C(C(=O)C(C)(C)C)N2C(=O)OC(C)(C)C2=O)c1. The summed E-state index contributed by atoms with van der Waals surface area (Å²) in [4.78, 5) is 67.5. The molecule has 4 amide bonds. The monoisotopic (exact) mass is 643 g/mol. The van der Waals surface area contributed by atoms with Gasteiger partial charge < -0.3 is 24.8 Å². The fourth-order valence-corrected chi connectivity index (χ4v) is 4.91. The molecule has 2 unspecified atom stereocenters. The number of ether oxygens (including phenoxy) is 3. The van der Waals surface area contributed by atoms with E-state index in [4.69, 9.17) is 14.2 Å². The van der Waals surface area contributed by atoms with Crippen molar-refractivity contribution < 1.29 is 38.2 Å². The third kappa shape index (κ3) is 7.97. The second-order valence-corrected chi connectivity index (χ2v) is 13.0. The van der Waals surface area contributed by atoms with Crippen molar-refractivity contribution in [3.8, 4) is 17.2 Å². The van der Waals surface area contributed by atoms with Crippen LogP contribution in [-0.4, -0.2) is 52.2 Å². The number of rotatable bonds is 11. The van der Waals surface area contributed by atoms with E-state index in [1.54, 1.807) is 57.2 Å². The molecule has 0 spiro atoms. The number of carbonyl (C=O) groups is 5. The number of amides is 4. The third-order valence-corrected chi connectivity index (χ3v) is 7.51. The molecule has 1 aliphatic heterocycles. The Morgan fingerprint density at radius 3 is 2.13 bits per heavy atom. The lowest BCUT2D eigenvalue weighted by Gasteiger charge is -2.28. The van der Waals surface area contributed by atoms with E-state index in [1.165, 1.54) is 19.9 Å². The summed E-state index contributed by atoms with van der Waals surface area (Å²) >= 11 is 0. The average Bonchev–Trinajstić information content (AvgIpc) is 3.19. The van der Waals surface area contributed by atoms with E-state index in [0.29, 0.717) is 28.5 Å². The second kappa shape index (κ2) is 13.7. The van der Waals surface area contributed by atoms with Gasteiger partial charge in [-0.3, -0.25) is 19.2 Å². The molecule has 1 fully saturated rings. The third-order valence-electron chi connectivity index (χ3n) is 7.51. The Morgan fingerprint density at radius 2 is 1.55 bits per heavy atom. The lowest BCUT2D eigenvalue weighted by Crippen LogP contribution is -2.55. The van der Waals surface area contributed by atoms with Gasteiger partial charge in [0.25, 0.3) is 17.7 Å². The highest BCUT2D eigenvalue weighted by molar-refractivity contribution is 6.19. The van der Waals surface area contributed by atoms with Gasteiger partial charge in [0.05, 0.1) is 5.69 Å². The summed E-state index contributed by atoms with van der Waals surface area (Å²) in [6.45, 7) is 13.2. The van der Waals surface area contributed by atoms with E-state index in [2.05, 4.69) is 10.6 Å². The molecular formula is C36H41N3O8. The van der Waals surface area contributed by atoms with Crippen LogP contribution in [0.1, 0.15) is 59.1 Å². The number of para-hydroxylation sites is 1. The molecule has 1 aliphatic rings. The second-order valence-electron chi connectivity index (χ2n) is 13.0. The highest BCUT2D eigenvalue weighted by Crippen LogP contribution is 2.35. The van der Waals surface area contributed by atoms with Crippen molar-refractivity contribution in [2.24, 2.45) is 5.41 Å². The summed E-state index contributed by atoms with van der Waals surface area (Å²) in [5.74, 6) is -1.66. The van der Waals surface area contributed by atoms with Gasteiger partial charge >= 0.3 is 6.09 Å². The number of Topliss-reactive ketones (excluding diaryl/α,β-unsaturated/α-hetero) is 1. The van der Waals surface area contributed by atoms with Crippen LogP contribution < -0.4 is 20.1 Å². The molecule has 11 heteroatoms. The molecule has 2 atom stereocenters. The van der Waals surface area contributed by atoms with Crippen LogP contribution in [0.5, 0.6) is 17.2 Å². The minimum atomic E-state index is -1.84. The molecule has 1 heterocycles. The van der Waals surface area contributed by atoms with E-state index >= 15 is 0 Å². The maximum atomic E-state index is 13.9. The molecule has 0 aromatic heterocycles. The molecule has 0 aliphatic carbocycles. The molecule has 0 bridgehead atoms. The van der Waals surface area contributed by atoms with Crippen LogP contribution >= 0.6 is 0 Å². The highest BCUT2D eigenvalue weighted by Gasteiger charge is 2.55. The Kier molecular flexibility index (Phi) is 10.1. The van der Waals surface area contributed by atoms with Crippen LogP contribution in [0.3, 0.4) is 0 Å². The first kappa shape index (κ1) is 34.7. The molecule has 0 saturated carbocycles. The van der Waals surface area contributed by atoms with Gasteiger partial charge in [0.2, 0.25) is 0 Å². The smallest absolute Gasteiger partial charge is 0.418 e. The fourth-order valence-electron chi connectivity index (χ4n) is 4.91. The molecule has 11 nitrogen and oxygen atoms in total. The van der Waals surface area contributed by atoms with Gasteiger partial charge in [-0.25, -0.2) is 9.69 Å². The van der Waals surface area contributed by atoms with E-state index in [0.717, 1.165) is 11.1 Å². The summed E-state index contributed by atoms with van der Waals surface area (Å²) < 4.78 is 17.3. The number of hydrogen-bond donors (Lipinski definition) is 2. The predicted molar refractivity (Wildman–Crippen MR) is 176 cm³/mol. The number of nitrogens with one attached hydrogen (secondary N) is 2. The summed E-state index contributed by atoms with van der Waals surface area (Å²) in [7, 11) is 0. The number of cyclic esters (lactones) is 1. The molecule has 3 aromatic rings. The number of carbonyl (C=O) groups excluding carboxylic acids is 5. The molecule has 4 rings (SSSR count). The fraction of sp³-hybridized carbons (Fsp3) is 0.361. The Morgan fingerprint density at radius 1 is 0.894 bits per heavy atom. The molecule has 3 aromatic carbocycles. The largest absolute Gasteiger partial charge is 0.480 e. The Hall–Kier alpha value is -5.19. The first-order valence-corrected chi connectivity index (χ1v) is 15.4. The number of nitrogens with zero attached hydrogens (tertiary/aromatic N) is 1. The minimum Gasteiger partial charge on any atom is -0.480 e. The quantitative estimate of drug-likeness (QED) is 0.224. The first-order chi connectivity index (χ1) is 22.0. The lowest BCUT2D eigenvalue weighted by molar-refractivity contribution is -0.145. The maximum Gasteiger partial charge on any atom is 0.418 e. The van der Waals surface area contributed by atoms with Crippen molar-refractivity contribution >= 4 is 41.0 Å². The summed E-state index contributed by atoms with van der Waals surface area (Å²) in [5.41, 5.74) is -0.336. The molecule has 0 radical (unpaired) electrons. The molecule has 47 heavy (non-hydrogen) atoms. The van der Waals surface area contributed by atoms with E-state index in [1.807, 2.05) is 45.0 Å². The van der Waals surface area contributed by atoms with Crippen LogP contribution in [0.15, 0.2) is 66.7 Å². The first-order valence-electron chi connectivity index (χ1n) is 15.4. The zero-order valence-electron chi connectivity index (χ0n) is 27.9. The Labute approximate surface area is 274 Å². The van der Waals surface area contributed by atoms with Crippen molar-refractivity contribution in [1.82, 2.24) is 4.90 Å². The summed E-state index contributed by atoms with van der Waals surface area (Å²) in [5, 5.41) is 5.50. The molecule has 248 valence electrons. The van der Waals surface area contributed by atoms with Crippen LogP contribution in [0, 0.1) is 19.3 Å². The minimum absolute atomic E-state index is 0.0750.